The Hall–Kier alpha value is -0.580. The van der Waals surface area contributed by atoms with Crippen LogP contribution in [0.2, 0.25) is 0 Å². The molecule has 1 unspecified atom stereocenters. The summed E-state index contributed by atoms with van der Waals surface area (Å²) in [7, 11) is -0.828. The smallest absolute Gasteiger partial charge is 0.315 e. The summed E-state index contributed by atoms with van der Waals surface area (Å²) in [6.45, 7) is 0.488. The van der Waals surface area contributed by atoms with E-state index in [9.17, 15) is 9.00 Å². The normalized spacial score (nSPS) is 19.2. The third-order valence-corrected chi connectivity index (χ3v) is 3.14. The molecule has 1 rings (SSSR count). The summed E-state index contributed by atoms with van der Waals surface area (Å²) in [6, 6.07) is 0.226. The maximum atomic E-state index is 11.3. The van der Waals surface area contributed by atoms with Gasteiger partial charge in [-0.1, -0.05) is 12.8 Å². The van der Waals surface area contributed by atoms with E-state index in [-0.39, 0.29) is 6.03 Å². The summed E-state index contributed by atoms with van der Waals surface area (Å²) in [5.74, 6) is 0.526. The van der Waals surface area contributed by atoms with Crippen LogP contribution in [0.25, 0.3) is 0 Å². The van der Waals surface area contributed by atoms with Crippen LogP contribution in [-0.4, -0.2) is 34.8 Å². The fourth-order valence-electron chi connectivity index (χ4n) is 1.61. The first-order chi connectivity index (χ1) is 6.68. The fourth-order valence-corrected chi connectivity index (χ4v) is 2.00. The number of hydrogen-bond donors (Lipinski definition) is 2. The summed E-state index contributed by atoms with van der Waals surface area (Å²) < 4.78 is 10.7. The van der Waals surface area contributed by atoms with Crippen LogP contribution in [-0.2, 0) is 10.8 Å². The summed E-state index contributed by atoms with van der Waals surface area (Å²) in [4.78, 5) is 11.3. The van der Waals surface area contributed by atoms with Crippen molar-refractivity contribution in [3.05, 3.63) is 0 Å². The number of carbonyl (C=O) groups excluding carboxylic acids is 1. The molecule has 82 valence electrons. The number of amides is 2. The second kappa shape index (κ2) is 6.01. The van der Waals surface area contributed by atoms with Gasteiger partial charge in [-0.2, -0.15) is 0 Å². The Morgan fingerprint density at radius 1 is 1.43 bits per heavy atom. The van der Waals surface area contributed by atoms with Crippen molar-refractivity contribution in [3.63, 3.8) is 0 Å². The molecule has 1 atom stereocenters. The van der Waals surface area contributed by atoms with Gasteiger partial charge in [-0.25, -0.2) is 4.79 Å². The van der Waals surface area contributed by atoms with Gasteiger partial charge in [-0.3, -0.25) is 4.21 Å². The van der Waals surface area contributed by atoms with E-state index in [1.807, 2.05) is 0 Å². The van der Waals surface area contributed by atoms with Crippen molar-refractivity contribution >= 4 is 16.8 Å². The van der Waals surface area contributed by atoms with Crippen LogP contribution in [0.15, 0.2) is 0 Å². The molecule has 0 bridgehead atoms. The molecular formula is C9H18N2O2S. The van der Waals surface area contributed by atoms with Crippen LogP contribution in [0.4, 0.5) is 4.79 Å². The zero-order valence-corrected chi connectivity index (χ0v) is 9.36. The topological polar surface area (TPSA) is 58.2 Å². The Bertz CT molecular complexity index is 215. The highest BCUT2D eigenvalue weighted by molar-refractivity contribution is 7.84. The van der Waals surface area contributed by atoms with Gasteiger partial charge in [-0.15, -0.1) is 0 Å². The molecule has 5 heteroatoms. The Morgan fingerprint density at radius 3 is 2.64 bits per heavy atom. The van der Waals surface area contributed by atoms with E-state index in [1.54, 1.807) is 6.26 Å². The van der Waals surface area contributed by atoms with E-state index in [0.717, 1.165) is 12.8 Å². The van der Waals surface area contributed by atoms with Crippen LogP contribution in [0, 0.1) is 0 Å². The lowest BCUT2D eigenvalue weighted by Crippen LogP contribution is -2.42. The Balaban J connectivity index is 2.06. The first-order valence-electron chi connectivity index (χ1n) is 5.03. The van der Waals surface area contributed by atoms with Gasteiger partial charge in [-0.05, 0) is 12.8 Å². The molecular weight excluding hydrogens is 200 g/mol. The van der Waals surface area contributed by atoms with Gasteiger partial charge in [0.1, 0.15) is 0 Å². The Kier molecular flexibility index (Phi) is 4.93. The summed E-state index contributed by atoms with van der Waals surface area (Å²) in [6.07, 6.45) is 6.24. The van der Waals surface area contributed by atoms with Gasteiger partial charge in [0.05, 0.1) is 0 Å². The quantitative estimate of drug-likeness (QED) is 0.726. The van der Waals surface area contributed by atoms with Gasteiger partial charge in [0, 0.05) is 35.4 Å². The minimum atomic E-state index is -0.828. The molecule has 0 aliphatic heterocycles. The van der Waals surface area contributed by atoms with Crippen LogP contribution >= 0.6 is 0 Å². The third kappa shape index (κ3) is 4.60. The average Bonchev–Trinajstić information content (AvgIpc) is 2.56. The molecule has 4 nitrogen and oxygen atoms in total. The van der Waals surface area contributed by atoms with E-state index >= 15 is 0 Å². The van der Waals surface area contributed by atoms with Gasteiger partial charge >= 0.3 is 6.03 Å². The predicted octanol–water partition coefficient (Wildman–Crippen LogP) is 0.607. The largest absolute Gasteiger partial charge is 0.337 e. The molecule has 2 N–H and O–H groups in total. The lowest BCUT2D eigenvalue weighted by Gasteiger charge is -2.12. The molecule has 0 aromatic heterocycles. The maximum absolute atomic E-state index is 11.3. The van der Waals surface area contributed by atoms with Gasteiger partial charge in [0.15, 0.2) is 0 Å². The predicted molar refractivity (Wildman–Crippen MR) is 57.7 cm³/mol. The minimum absolute atomic E-state index is 0.123. The molecule has 0 spiro atoms. The Labute approximate surface area is 87.3 Å². The second-order valence-corrected chi connectivity index (χ2v) is 5.21. The number of nitrogens with one attached hydrogen (secondary N) is 2. The Morgan fingerprint density at radius 2 is 2.07 bits per heavy atom. The first-order valence-corrected chi connectivity index (χ1v) is 6.75. The monoisotopic (exact) mass is 218 g/mol. The van der Waals surface area contributed by atoms with E-state index in [2.05, 4.69) is 10.6 Å². The SMILES string of the molecule is CS(=O)CCNC(=O)NC1CCCC1. The van der Waals surface area contributed by atoms with Crippen molar-refractivity contribution in [2.45, 2.75) is 31.7 Å². The number of carbonyl (C=O) groups is 1. The first kappa shape index (κ1) is 11.5. The lowest BCUT2D eigenvalue weighted by molar-refractivity contribution is 0.237. The molecule has 14 heavy (non-hydrogen) atoms. The zero-order valence-electron chi connectivity index (χ0n) is 8.54. The van der Waals surface area contributed by atoms with Crippen molar-refractivity contribution in [1.82, 2.24) is 10.6 Å². The van der Waals surface area contributed by atoms with Crippen molar-refractivity contribution in [2.24, 2.45) is 0 Å². The van der Waals surface area contributed by atoms with E-state index < -0.39 is 10.8 Å². The van der Waals surface area contributed by atoms with E-state index in [1.165, 1.54) is 12.8 Å². The number of hydrogen-bond acceptors (Lipinski definition) is 2. The molecule has 0 radical (unpaired) electrons. The highest BCUT2D eigenvalue weighted by atomic mass is 32.2. The third-order valence-electron chi connectivity index (χ3n) is 2.37. The molecule has 0 heterocycles. The minimum Gasteiger partial charge on any atom is -0.337 e. The van der Waals surface area contributed by atoms with Crippen LogP contribution in [0.3, 0.4) is 0 Å². The van der Waals surface area contributed by atoms with Gasteiger partial charge in [0.2, 0.25) is 0 Å². The lowest BCUT2D eigenvalue weighted by atomic mass is 10.3. The standard InChI is InChI=1S/C9H18N2O2S/c1-14(13)7-6-10-9(12)11-8-4-2-3-5-8/h8H,2-7H2,1H3,(H2,10,11,12). The summed E-state index contributed by atoms with van der Waals surface area (Å²) >= 11 is 0. The molecule has 2 amide bonds. The van der Waals surface area contributed by atoms with Gasteiger partial charge < -0.3 is 10.6 Å². The van der Waals surface area contributed by atoms with Crippen molar-refractivity contribution in [2.75, 3.05) is 18.6 Å². The number of urea groups is 1. The summed E-state index contributed by atoms with van der Waals surface area (Å²) in [5, 5.41) is 5.60. The molecule has 0 saturated heterocycles. The highest BCUT2D eigenvalue weighted by Gasteiger charge is 2.16. The molecule has 0 aromatic carbocycles. The molecule has 1 aliphatic rings. The number of rotatable bonds is 4. The van der Waals surface area contributed by atoms with Crippen molar-refractivity contribution < 1.29 is 9.00 Å². The fraction of sp³-hybridized carbons (Fsp3) is 0.889. The average molecular weight is 218 g/mol. The van der Waals surface area contributed by atoms with Crippen LogP contribution in [0.1, 0.15) is 25.7 Å². The molecule has 1 fully saturated rings. The van der Waals surface area contributed by atoms with E-state index in [0.29, 0.717) is 18.3 Å². The molecule has 1 saturated carbocycles. The highest BCUT2D eigenvalue weighted by Crippen LogP contribution is 2.17. The summed E-state index contributed by atoms with van der Waals surface area (Å²) in [5.41, 5.74) is 0. The molecule has 1 aliphatic carbocycles. The van der Waals surface area contributed by atoms with Crippen LogP contribution in [0.5, 0.6) is 0 Å². The van der Waals surface area contributed by atoms with Crippen molar-refractivity contribution in [3.8, 4) is 0 Å². The maximum Gasteiger partial charge on any atom is 0.315 e. The van der Waals surface area contributed by atoms with Gasteiger partial charge in [0.25, 0.3) is 0 Å². The molecule has 0 aromatic rings. The van der Waals surface area contributed by atoms with Crippen LogP contribution < -0.4 is 10.6 Å². The van der Waals surface area contributed by atoms with E-state index in [4.69, 9.17) is 0 Å². The second-order valence-electron chi connectivity index (χ2n) is 3.66. The zero-order chi connectivity index (χ0) is 10.4. The van der Waals surface area contributed by atoms with Crippen molar-refractivity contribution in [1.29, 1.82) is 0 Å².